The number of aromatic nitrogens is 2. The molecule has 7 heteroatoms. The van der Waals surface area contributed by atoms with E-state index in [2.05, 4.69) is 38.8 Å². The van der Waals surface area contributed by atoms with E-state index in [9.17, 15) is 4.79 Å². The fraction of sp³-hybridized carbons (Fsp3) is 0.393. The van der Waals surface area contributed by atoms with Crippen LogP contribution in [0.2, 0.25) is 5.02 Å². The Kier molecular flexibility index (Phi) is 5.64. The van der Waals surface area contributed by atoms with Gasteiger partial charge in [0.15, 0.2) is 0 Å². The normalized spacial score (nSPS) is 26.4. The third-order valence-corrected chi connectivity index (χ3v) is 8.43. The summed E-state index contributed by atoms with van der Waals surface area (Å²) in [6, 6.07) is 15.4. The largest absolute Gasteiger partial charge is 0.465 e. The Morgan fingerprint density at radius 2 is 1.69 bits per heavy atom. The zero-order chi connectivity index (χ0) is 24.0. The van der Waals surface area contributed by atoms with Crippen molar-refractivity contribution < 1.29 is 9.53 Å². The number of carbonyl (C=O) groups is 1. The second kappa shape index (κ2) is 8.83. The van der Waals surface area contributed by atoms with Gasteiger partial charge in [0.25, 0.3) is 0 Å². The number of carbonyl (C=O) groups excluding carboxylic acids is 1. The average Bonchev–Trinajstić information content (AvgIpc) is 2.84. The van der Waals surface area contributed by atoms with Gasteiger partial charge in [-0.3, -0.25) is 0 Å². The topological polar surface area (TPSA) is 76.1 Å². The first-order valence-electron chi connectivity index (χ1n) is 12.4. The third-order valence-electron chi connectivity index (χ3n) is 8.12. The monoisotopic (exact) mass is 488 g/mol. The molecule has 4 aliphatic rings. The van der Waals surface area contributed by atoms with E-state index < -0.39 is 5.97 Å². The summed E-state index contributed by atoms with van der Waals surface area (Å²) in [5, 5.41) is 7.14. The van der Waals surface area contributed by atoms with Gasteiger partial charge in [0.05, 0.1) is 29.1 Å². The zero-order valence-electron chi connectivity index (χ0n) is 19.8. The van der Waals surface area contributed by atoms with Gasteiger partial charge in [0.2, 0.25) is 5.95 Å². The fourth-order valence-corrected chi connectivity index (χ4v) is 7.27. The van der Waals surface area contributed by atoms with Crippen LogP contribution in [0, 0.1) is 17.8 Å². The number of hydrogen-bond acceptors (Lipinski definition) is 6. The van der Waals surface area contributed by atoms with Crippen molar-refractivity contribution in [3.8, 4) is 0 Å². The molecule has 0 amide bonds. The highest BCUT2D eigenvalue weighted by Gasteiger charge is 2.51. The Labute approximate surface area is 210 Å². The SMILES string of the molecule is COC(=O)c1ccccc1Nc1ccnc(Nc2ccc(C34CC5CC(CC(C5)C3)C4)cc2Cl)n1. The van der Waals surface area contributed by atoms with Crippen LogP contribution >= 0.6 is 11.6 Å². The van der Waals surface area contributed by atoms with Crippen LogP contribution in [0.15, 0.2) is 54.7 Å². The van der Waals surface area contributed by atoms with E-state index in [0.717, 1.165) is 23.4 Å². The summed E-state index contributed by atoms with van der Waals surface area (Å²) in [4.78, 5) is 21.0. The lowest BCUT2D eigenvalue weighted by atomic mass is 9.48. The smallest absolute Gasteiger partial charge is 0.339 e. The molecule has 1 aromatic heterocycles. The van der Waals surface area contributed by atoms with E-state index in [0.29, 0.717) is 33.5 Å². The molecule has 1 heterocycles. The summed E-state index contributed by atoms with van der Waals surface area (Å²) in [5.41, 5.74) is 3.54. The Morgan fingerprint density at radius 1 is 0.971 bits per heavy atom. The molecule has 0 radical (unpaired) electrons. The molecule has 4 fully saturated rings. The number of hydrogen-bond donors (Lipinski definition) is 2. The van der Waals surface area contributed by atoms with Crippen molar-refractivity contribution in [2.24, 2.45) is 17.8 Å². The summed E-state index contributed by atoms with van der Waals surface area (Å²) >= 11 is 6.78. The first kappa shape index (κ1) is 22.4. The lowest BCUT2D eigenvalue weighted by molar-refractivity contribution is -0.00517. The minimum absolute atomic E-state index is 0.310. The number of esters is 1. The van der Waals surface area contributed by atoms with Crippen molar-refractivity contribution in [3.05, 3.63) is 70.9 Å². The lowest BCUT2D eigenvalue weighted by Crippen LogP contribution is -2.48. The summed E-state index contributed by atoms with van der Waals surface area (Å²) in [5.74, 6) is 3.25. The fourth-order valence-electron chi connectivity index (χ4n) is 7.04. The predicted octanol–water partition coefficient (Wildman–Crippen LogP) is 6.87. The van der Waals surface area contributed by atoms with Crippen molar-refractivity contribution in [3.63, 3.8) is 0 Å². The van der Waals surface area contributed by atoms with Gasteiger partial charge < -0.3 is 15.4 Å². The van der Waals surface area contributed by atoms with Gasteiger partial charge in [0, 0.05) is 6.20 Å². The summed E-state index contributed by atoms with van der Waals surface area (Å²) in [6.45, 7) is 0. The molecule has 35 heavy (non-hydrogen) atoms. The van der Waals surface area contributed by atoms with Crippen LogP contribution in [0.3, 0.4) is 0 Å². The van der Waals surface area contributed by atoms with Crippen LogP contribution in [0.5, 0.6) is 0 Å². The molecule has 6 nitrogen and oxygen atoms in total. The first-order valence-corrected chi connectivity index (χ1v) is 12.7. The molecule has 0 atom stereocenters. The van der Waals surface area contributed by atoms with E-state index in [1.165, 1.54) is 51.2 Å². The number of para-hydroxylation sites is 1. The molecule has 3 aromatic rings. The van der Waals surface area contributed by atoms with Crippen LogP contribution in [-0.4, -0.2) is 23.0 Å². The maximum Gasteiger partial charge on any atom is 0.339 e. The number of benzene rings is 2. The van der Waals surface area contributed by atoms with Gasteiger partial charge in [-0.05, 0) is 97.6 Å². The first-order chi connectivity index (χ1) is 17.0. The van der Waals surface area contributed by atoms with Crippen molar-refractivity contribution in [1.29, 1.82) is 0 Å². The average molecular weight is 489 g/mol. The molecule has 0 aliphatic heterocycles. The number of nitrogens with one attached hydrogen (secondary N) is 2. The van der Waals surface area contributed by atoms with Crippen molar-refractivity contribution >= 4 is 40.7 Å². The number of ether oxygens (including phenoxy) is 1. The Morgan fingerprint density at radius 3 is 2.37 bits per heavy atom. The standard InChI is InChI=1S/C28H29ClN4O2/c1-35-26(34)21-4-2-3-5-23(21)31-25-8-9-30-27(33-25)32-24-7-6-20(13-22(24)29)28-14-17-10-18(15-28)12-19(11-17)16-28/h2-9,13,17-19H,10-12,14-16H2,1H3,(H2,30,31,32,33). The Bertz CT molecular complexity index is 1240. The second-order valence-electron chi connectivity index (χ2n) is 10.4. The summed E-state index contributed by atoms with van der Waals surface area (Å²) in [7, 11) is 1.37. The van der Waals surface area contributed by atoms with Gasteiger partial charge in [0.1, 0.15) is 5.82 Å². The van der Waals surface area contributed by atoms with Crippen LogP contribution in [0.4, 0.5) is 23.1 Å². The maximum atomic E-state index is 12.1. The highest BCUT2D eigenvalue weighted by atomic mass is 35.5. The Hall–Kier alpha value is -3.12. The van der Waals surface area contributed by atoms with E-state index in [-0.39, 0.29) is 0 Å². The van der Waals surface area contributed by atoms with Crippen LogP contribution in [0.25, 0.3) is 0 Å². The molecule has 2 N–H and O–H groups in total. The molecule has 0 unspecified atom stereocenters. The minimum atomic E-state index is -0.411. The van der Waals surface area contributed by atoms with E-state index in [1.807, 2.05) is 12.1 Å². The zero-order valence-corrected chi connectivity index (χ0v) is 20.5. The van der Waals surface area contributed by atoms with Gasteiger partial charge in [-0.15, -0.1) is 0 Å². The molecule has 0 saturated heterocycles. The maximum absolute atomic E-state index is 12.1. The van der Waals surface area contributed by atoms with Gasteiger partial charge in [-0.1, -0.05) is 29.8 Å². The summed E-state index contributed by atoms with van der Waals surface area (Å²) < 4.78 is 4.88. The molecular formula is C28H29ClN4O2. The Balaban J connectivity index is 1.21. The molecule has 7 rings (SSSR count). The number of halogens is 1. The van der Waals surface area contributed by atoms with Gasteiger partial charge in [-0.2, -0.15) is 4.98 Å². The highest BCUT2D eigenvalue weighted by molar-refractivity contribution is 6.33. The third kappa shape index (κ3) is 4.25. The predicted molar refractivity (Wildman–Crippen MR) is 138 cm³/mol. The number of nitrogens with zero attached hydrogens (tertiary/aromatic N) is 2. The number of anilines is 4. The van der Waals surface area contributed by atoms with E-state index in [1.54, 1.807) is 24.4 Å². The van der Waals surface area contributed by atoms with E-state index >= 15 is 0 Å². The lowest BCUT2D eigenvalue weighted by Gasteiger charge is -2.57. The van der Waals surface area contributed by atoms with E-state index in [4.69, 9.17) is 16.3 Å². The molecule has 180 valence electrons. The van der Waals surface area contributed by atoms with Crippen LogP contribution in [-0.2, 0) is 10.2 Å². The van der Waals surface area contributed by atoms with Crippen molar-refractivity contribution in [1.82, 2.24) is 9.97 Å². The molecular weight excluding hydrogens is 460 g/mol. The summed E-state index contributed by atoms with van der Waals surface area (Å²) in [6.07, 6.45) is 9.88. The van der Waals surface area contributed by atoms with Crippen molar-refractivity contribution in [2.75, 3.05) is 17.7 Å². The van der Waals surface area contributed by atoms with Gasteiger partial charge in [-0.25, -0.2) is 9.78 Å². The van der Waals surface area contributed by atoms with Crippen LogP contribution in [0.1, 0.15) is 54.4 Å². The van der Waals surface area contributed by atoms with Crippen LogP contribution < -0.4 is 10.6 Å². The molecule has 2 aromatic carbocycles. The quantitative estimate of drug-likeness (QED) is 0.368. The number of rotatable bonds is 6. The second-order valence-corrected chi connectivity index (χ2v) is 10.9. The molecule has 4 aliphatic carbocycles. The molecule has 0 spiro atoms. The minimum Gasteiger partial charge on any atom is -0.465 e. The van der Waals surface area contributed by atoms with Gasteiger partial charge >= 0.3 is 5.97 Å². The number of methoxy groups -OCH3 is 1. The van der Waals surface area contributed by atoms with Crippen molar-refractivity contribution in [2.45, 2.75) is 43.9 Å². The highest BCUT2D eigenvalue weighted by Crippen LogP contribution is 2.61. The molecule has 4 saturated carbocycles. The molecule has 4 bridgehead atoms.